The molecule has 0 aliphatic heterocycles. The number of para-hydroxylation sites is 1. The van der Waals surface area contributed by atoms with E-state index in [1.54, 1.807) is 19.4 Å². The number of fused-ring (bicyclic) bond motifs is 1. The van der Waals surface area contributed by atoms with Gasteiger partial charge in [0.25, 0.3) is 5.56 Å². The zero-order chi connectivity index (χ0) is 21.8. The monoisotopic (exact) mass is 471 g/mol. The lowest BCUT2D eigenvalue weighted by atomic mass is 10.2. The number of hydrogen-bond donors (Lipinski definition) is 0. The van der Waals surface area contributed by atoms with E-state index in [-0.39, 0.29) is 17.6 Å². The van der Waals surface area contributed by atoms with Gasteiger partial charge in [0.05, 0.1) is 30.3 Å². The molecular weight excluding hydrogens is 446 g/mol. The van der Waals surface area contributed by atoms with Crippen LogP contribution in [-0.4, -0.2) is 29.1 Å². The van der Waals surface area contributed by atoms with Crippen molar-refractivity contribution >= 4 is 33.0 Å². The largest absolute Gasteiger partial charge is 0.493 e. The van der Waals surface area contributed by atoms with E-state index < -0.39 is 0 Å². The average Bonchev–Trinajstić information content (AvgIpc) is 2.73. The maximum atomic E-state index is 13.2. The maximum absolute atomic E-state index is 13.2. The second-order valence-electron chi connectivity index (χ2n) is 7.36. The molecule has 1 atom stereocenters. The molecule has 1 aromatic heterocycles. The molecule has 0 amide bonds. The topological polar surface area (TPSA) is 65.7 Å². The molecule has 30 heavy (non-hydrogen) atoms. The van der Waals surface area contributed by atoms with E-state index in [1.165, 1.54) is 4.68 Å². The van der Waals surface area contributed by atoms with Crippen LogP contribution in [0.15, 0.2) is 50.8 Å². The number of rotatable bonds is 7. The highest BCUT2D eigenvalue weighted by Crippen LogP contribution is 2.31. The van der Waals surface area contributed by atoms with Gasteiger partial charge >= 0.3 is 0 Å². The number of benzene rings is 2. The third kappa shape index (κ3) is 4.56. The summed E-state index contributed by atoms with van der Waals surface area (Å²) >= 11 is 3.42. The fourth-order valence-electron chi connectivity index (χ4n) is 2.98. The SMILES string of the molecule is CC[C@H](C)Oc1c(C=Nn2c(C(C)C)nc3ccc(Br)cc3c2=O)cccc1OC. The third-order valence-electron chi connectivity index (χ3n) is 4.79. The van der Waals surface area contributed by atoms with Crippen LogP contribution in [-0.2, 0) is 0 Å². The summed E-state index contributed by atoms with van der Waals surface area (Å²) in [5.41, 5.74) is 1.17. The number of aromatic nitrogens is 2. The van der Waals surface area contributed by atoms with Gasteiger partial charge in [0, 0.05) is 16.0 Å². The summed E-state index contributed by atoms with van der Waals surface area (Å²) in [7, 11) is 1.60. The minimum Gasteiger partial charge on any atom is -0.493 e. The molecule has 0 radical (unpaired) electrons. The van der Waals surface area contributed by atoms with Crippen LogP contribution in [0.25, 0.3) is 10.9 Å². The summed E-state index contributed by atoms with van der Waals surface area (Å²) < 4.78 is 13.7. The fourth-order valence-corrected chi connectivity index (χ4v) is 3.34. The highest BCUT2D eigenvalue weighted by Gasteiger charge is 2.15. The Morgan fingerprint density at radius 3 is 2.67 bits per heavy atom. The molecule has 6 nitrogen and oxygen atoms in total. The van der Waals surface area contributed by atoms with E-state index >= 15 is 0 Å². The molecule has 3 aromatic rings. The molecule has 0 aliphatic carbocycles. The zero-order valence-electron chi connectivity index (χ0n) is 17.8. The Balaban J connectivity index is 2.15. The summed E-state index contributed by atoms with van der Waals surface area (Å²) in [6, 6.07) is 11.1. The molecule has 158 valence electrons. The van der Waals surface area contributed by atoms with Gasteiger partial charge in [-0.25, -0.2) is 4.98 Å². The van der Waals surface area contributed by atoms with Crippen LogP contribution in [0.3, 0.4) is 0 Å². The van der Waals surface area contributed by atoms with Crippen LogP contribution in [0.1, 0.15) is 51.4 Å². The predicted molar refractivity (Wildman–Crippen MR) is 124 cm³/mol. The lowest BCUT2D eigenvalue weighted by Gasteiger charge is -2.17. The van der Waals surface area contributed by atoms with Crippen LogP contribution in [0.2, 0.25) is 0 Å². The molecule has 0 fully saturated rings. The van der Waals surface area contributed by atoms with Crippen LogP contribution < -0.4 is 15.0 Å². The van der Waals surface area contributed by atoms with Crippen molar-refractivity contribution in [2.24, 2.45) is 5.10 Å². The van der Waals surface area contributed by atoms with Crippen molar-refractivity contribution in [1.82, 2.24) is 9.66 Å². The molecule has 0 spiro atoms. The summed E-state index contributed by atoms with van der Waals surface area (Å²) in [6.45, 7) is 8.03. The first-order valence-electron chi connectivity index (χ1n) is 9.95. The summed E-state index contributed by atoms with van der Waals surface area (Å²) in [6.07, 6.45) is 2.50. The van der Waals surface area contributed by atoms with Gasteiger partial charge in [0.15, 0.2) is 11.5 Å². The predicted octanol–water partition coefficient (Wildman–Crippen LogP) is 5.35. The first-order chi connectivity index (χ1) is 14.3. The first kappa shape index (κ1) is 22.0. The van der Waals surface area contributed by atoms with Crippen LogP contribution in [0.4, 0.5) is 0 Å². The van der Waals surface area contributed by atoms with E-state index in [2.05, 4.69) is 32.9 Å². The number of hydrogen-bond acceptors (Lipinski definition) is 5. The van der Waals surface area contributed by atoms with Gasteiger partial charge in [-0.2, -0.15) is 9.78 Å². The van der Waals surface area contributed by atoms with Crippen LogP contribution >= 0.6 is 15.9 Å². The van der Waals surface area contributed by atoms with Crippen molar-refractivity contribution in [3.8, 4) is 11.5 Å². The van der Waals surface area contributed by atoms with E-state index in [4.69, 9.17) is 9.47 Å². The number of halogens is 1. The average molecular weight is 472 g/mol. The van der Waals surface area contributed by atoms with Gasteiger partial charge in [0.1, 0.15) is 5.82 Å². The Morgan fingerprint density at radius 1 is 1.23 bits per heavy atom. The molecule has 1 heterocycles. The molecule has 2 aromatic carbocycles. The highest BCUT2D eigenvalue weighted by atomic mass is 79.9. The molecule has 0 saturated carbocycles. The quantitative estimate of drug-likeness (QED) is 0.435. The van der Waals surface area contributed by atoms with Gasteiger partial charge < -0.3 is 9.47 Å². The van der Waals surface area contributed by atoms with E-state index in [0.717, 1.165) is 16.5 Å². The van der Waals surface area contributed by atoms with Crippen molar-refractivity contribution in [3.05, 3.63) is 62.6 Å². The molecular formula is C23H26BrN3O3. The normalized spacial score (nSPS) is 12.6. The molecule has 3 rings (SSSR count). The molecule has 7 heteroatoms. The van der Waals surface area contributed by atoms with Crippen molar-refractivity contribution in [2.75, 3.05) is 7.11 Å². The van der Waals surface area contributed by atoms with Crippen molar-refractivity contribution in [1.29, 1.82) is 0 Å². The van der Waals surface area contributed by atoms with Gasteiger partial charge in [-0.05, 0) is 43.7 Å². The molecule has 0 N–H and O–H groups in total. The van der Waals surface area contributed by atoms with Gasteiger partial charge in [-0.15, -0.1) is 0 Å². The first-order valence-corrected chi connectivity index (χ1v) is 10.7. The van der Waals surface area contributed by atoms with E-state index in [0.29, 0.717) is 28.2 Å². The van der Waals surface area contributed by atoms with Crippen molar-refractivity contribution in [3.63, 3.8) is 0 Å². The number of ether oxygens (including phenoxy) is 2. The van der Waals surface area contributed by atoms with Crippen LogP contribution in [0.5, 0.6) is 11.5 Å². The lowest BCUT2D eigenvalue weighted by molar-refractivity contribution is 0.207. The fraction of sp³-hybridized carbons (Fsp3) is 0.348. The molecule has 0 unspecified atom stereocenters. The second kappa shape index (κ2) is 9.43. The van der Waals surface area contributed by atoms with E-state index in [9.17, 15) is 4.79 Å². The lowest BCUT2D eigenvalue weighted by Crippen LogP contribution is -2.23. The highest BCUT2D eigenvalue weighted by molar-refractivity contribution is 9.10. The van der Waals surface area contributed by atoms with Gasteiger partial charge in [-0.3, -0.25) is 4.79 Å². The summed E-state index contributed by atoms with van der Waals surface area (Å²) in [5, 5.41) is 5.02. The van der Waals surface area contributed by atoms with Crippen molar-refractivity contribution < 1.29 is 9.47 Å². The Morgan fingerprint density at radius 2 is 2.00 bits per heavy atom. The zero-order valence-corrected chi connectivity index (χ0v) is 19.4. The Bertz CT molecular complexity index is 1140. The maximum Gasteiger partial charge on any atom is 0.282 e. The van der Waals surface area contributed by atoms with Gasteiger partial charge in [0.2, 0.25) is 0 Å². The third-order valence-corrected chi connectivity index (χ3v) is 5.28. The van der Waals surface area contributed by atoms with Gasteiger partial charge in [-0.1, -0.05) is 42.8 Å². The number of methoxy groups -OCH3 is 1. The summed E-state index contributed by atoms with van der Waals surface area (Å²) in [4.78, 5) is 17.9. The molecule has 0 bridgehead atoms. The summed E-state index contributed by atoms with van der Waals surface area (Å²) in [5.74, 6) is 1.84. The van der Waals surface area contributed by atoms with E-state index in [1.807, 2.05) is 51.1 Å². The minimum absolute atomic E-state index is 0.0158. The molecule has 0 aliphatic rings. The molecule has 0 saturated heterocycles. The second-order valence-corrected chi connectivity index (χ2v) is 8.28. The Kier molecular flexibility index (Phi) is 6.92. The minimum atomic E-state index is -0.214. The number of nitrogens with zero attached hydrogens (tertiary/aromatic N) is 3. The Hall–Kier alpha value is -2.67. The van der Waals surface area contributed by atoms with Crippen molar-refractivity contribution in [2.45, 2.75) is 46.1 Å². The standard InChI is InChI=1S/C23H26BrN3O3/c1-6-15(4)30-21-16(8-7-9-20(21)29-5)13-25-27-22(14(2)3)26-19-11-10-17(24)12-18(19)23(27)28/h7-15H,6H2,1-5H3/t15-/m0/s1. The van der Waals surface area contributed by atoms with Crippen LogP contribution in [0, 0.1) is 0 Å². The Labute approximate surface area is 184 Å². The smallest absolute Gasteiger partial charge is 0.282 e.